The average Bonchev–Trinajstić information content (AvgIpc) is 2.82. The molecular formula is C12H15N3O4S. The molecule has 8 heteroatoms. The second-order valence-corrected chi connectivity index (χ2v) is 5.37. The van der Waals surface area contributed by atoms with E-state index in [0.29, 0.717) is 29.9 Å². The van der Waals surface area contributed by atoms with Gasteiger partial charge in [-0.1, -0.05) is 0 Å². The number of carbonyl (C=O) groups is 1. The van der Waals surface area contributed by atoms with Crippen molar-refractivity contribution in [1.82, 2.24) is 10.3 Å². The Kier molecular flexibility index (Phi) is 4.70. The quantitative estimate of drug-likeness (QED) is 0.586. The van der Waals surface area contributed by atoms with Gasteiger partial charge in [-0.25, -0.2) is 9.19 Å². The Hall–Kier alpha value is -1.93. The number of aromatic nitrogens is 1. The lowest BCUT2D eigenvalue weighted by atomic mass is 10.3. The van der Waals surface area contributed by atoms with Gasteiger partial charge >= 0.3 is 0 Å². The summed E-state index contributed by atoms with van der Waals surface area (Å²) in [5, 5.41) is 2.60. The van der Waals surface area contributed by atoms with E-state index in [9.17, 15) is 9.00 Å². The van der Waals surface area contributed by atoms with Crippen LogP contribution in [-0.2, 0) is 20.3 Å². The third kappa shape index (κ3) is 3.55. The topological polar surface area (TPSA) is 107 Å². The van der Waals surface area contributed by atoms with Crippen LogP contribution in [0.15, 0.2) is 27.8 Å². The fourth-order valence-electron chi connectivity index (χ4n) is 1.54. The van der Waals surface area contributed by atoms with E-state index < -0.39 is 10.8 Å². The molecule has 0 radical (unpaired) electrons. The highest BCUT2D eigenvalue weighted by Crippen LogP contribution is 2.20. The van der Waals surface area contributed by atoms with Crippen LogP contribution in [-0.4, -0.2) is 41.1 Å². The minimum absolute atomic E-state index is 0.0208. The molecule has 108 valence electrons. The number of carbonyl (C=O) groups excluding carboxylic acids is 1. The number of ether oxygens (including phenoxy) is 1. The maximum absolute atomic E-state index is 12.0. The molecule has 0 bridgehead atoms. The number of rotatable bonds is 6. The molecule has 0 saturated heterocycles. The number of nitrogens with one attached hydrogen (secondary N) is 1. The first-order valence-corrected chi connectivity index (χ1v) is 7.22. The van der Waals surface area contributed by atoms with Crippen molar-refractivity contribution >= 4 is 33.5 Å². The summed E-state index contributed by atoms with van der Waals surface area (Å²) < 4.78 is 22.1. The van der Waals surface area contributed by atoms with Gasteiger partial charge in [0.1, 0.15) is 22.1 Å². The van der Waals surface area contributed by atoms with Crippen molar-refractivity contribution < 1.29 is 18.2 Å². The summed E-state index contributed by atoms with van der Waals surface area (Å²) in [5.74, 6) is -0.548. The van der Waals surface area contributed by atoms with Gasteiger partial charge in [0.05, 0.1) is 6.61 Å². The van der Waals surface area contributed by atoms with Gasteiger partial charge in [0.2, 0.25) is 5.91 Å². The standard InChI is InChI=1S/C12H15N3O4S/c1-18-5-4-14-11(16)7-20(17)12-15-9-3-2-8(13)6-10(9)19-12/h2-3,6H,4-5,7,13H2,1H3,(H,14,16). The Balaban J connectivity index is 2.02. The van der Waals surface area contributed by atoms with Gasteiger partial charge in [0.25, 0.3) is 5.22 Å². The number of hydrogen-bond donors (Lipinski definition) is 2. The molecule has 1 aromatic heterocycles. The molecule has 1 unspecified atom stereocenters. The van der Waals surface area contributed by atoms with Crippen molar-refractivity contribution in [3.63, 3.8) is 0 Å². The minimum atomic E-state index is -1.63. The van der Waals surface area contributed by atoms with E-state index >= 15 is 0 Å². The Morgan fingerprint density at radius 3 is 3.10 bits per heavy atom. The molecule has 1 atom stereocenters. The summed E-state index contributed by atoms with van der Waals surface area (Å²) in [6.45, 7) is 0.775. The predicted molar refractivity (Wildman–Crippen MR) is 74.6 cm³/mol. The zero-order valence-electron chi connectivity index (χ0n) is 10.9. The van der Waals surface area contributed by atoms with Gasteiger partial charge in [-0.05, 0) is 12.1 Å². The van der Waals surface area contributed by atoms with Crippen LogP contribution in [0.1, 0.15) is 0 Å². The molecule has 0 aliphatic heterocycles. The first kappa shape index (κ1) is 14.5. The fraction of sp³-hybridized carbons (Fsp3) is 0.333. The summed E-state index contributed by atoms with van der Waals surface area (Å²) >= 11 is 0. The first-order valence-electron chi connectivity index (χ1n) is 5.90. The third-order valence-corrected chi connectivity index (χ3v) is 3.57. The second-order valence-electron chi connectivity index (χ2n) is 4.04. The number of nitrogens with zero attached hydrogens (tertiary/aromatic N) is 1. The zero-order chi connectivity index (χ0) is 14.5. The molecule has 20 heavy (non-hydrogen) atoms. The summed E-state index contributed by atoms with van der Waals surface area (Å²) in [5.41, 5.74) is 7.16. The Morgan fingerprint density at radius 1 is 1.55 bits per heavy atom. The SMILES string of the molecule is COCCNC(=O)CS(=O)c1nc2ccc(N)cc2o1. The highest BCUT2D eigenvalue weighted by Gasteiger charge is 2.16. The molecule has 2 aromatic rings. The van der Waals surface area contributed by atoms with Crippen LogP contribution >= 0.6 is 0 Å². The van der Waals surface area contributed by atoms with Gasteiger partial charge in [0, 0.05) is 25.4 Å². The van der Waals surface area contributed by atoms with Crippen LogP contribution in [0, 0.1) is 0 Å². The highest BCUT2D eigenvalue weighted by molar-refractivity contribution is 7.85. The van der Waals surface area contributed by atoms with Crippen molar-refractivity contribution in [3.05, 3.63) is 18.2 Å². The van der Waals surface area contributed by atoms with Crippen LogP contribution in [0.4, 0.5) is 5.69 Å². The van der Waals surface area contributed by atoms with E-state index in [1.807, 2.05) is 0 Å². The van der Waals surface area contributed by atoms with Crippen LogP contribution < -0.4 is 11.1 Å². The molecule has 0 aliphatic rings. The molecule has 1 aromatic carbocycles. The first-order chi connectivity index (χ1) is 9.60. The summed E-state index contributed by atoms with van der Waals surface area (Å²) in [6, 6.07) is 4.95. The van der Waals surface area contributed by atoms with E-state index in [4.69, 9.17) is 14.9 Å². The maximum Gasteiger partial charge on any atom is 0.288 e. The lowest BCUT2D eigenvalue weighted by molar-refractivity contribution is -0.118. The number of fused-ring (bicyclic) bond motifs is 1. The Bertz CT molecular complexity index is 641. The normalized spacial score (nSPS) is 12.4. The second kappa shape index (κ2) is 6.49. The number of benzene rings is 1. The summed E-state index contributed by atoms with van der Waals surface area (Å²) in [7, 11) is -0.0936. The number of amides is 1. The average molecular weight is 297 g/mol. The number of hydrogen-bond acceptors (Lipinski definition) is 6. The molecule has 0 saturated carbocycles. The van der Waals surface area contributed by atoms with E-state index in [1.54, 1.807) is 18.2 Å². The van der Waals surface area contributed by atoms with Crippen LogP contribution in [0.2, 0.25) is 0 Å². The van der Waals surface area contributed by atoms with Crippen molar-refractivity contribution in [3.8, 4) is 0 Å². The molecular weight excluding hydrogens is 282 g/mol. The van der Waals surface area contributed by atoms with Crippen LogP contribution in [0.5, 0.6) is 0 Å². The largest absolute Gasteiger partial charge is 0.430 e. The molecule has 7 nitrogen and oxygen atoms in total. The zero-order valence-corrected chi connectivity index (χ0v) is 11.7. The van der Waals surface area contributed by atoms with Gasteiger partial charge in [-0.2, -0.15) is 0 Å². The molecule has 3 N–H and O–H groups in total. The van der Waals surface area contributed by atoms with Gasteiger partial charge in [-0.15, -0.1) is 0 Å². The maximum atomic E-state index is 12.0. The van der Waals surface area contributed by atoms with E-state index in [1.165, 1.54) is 7.11 Å². The van der Waals surface area contributed by atoms with E-state index in [0.717, 1.165) is 0 Å². The summed E-state index contributed by atoms with van der Waals surface area (Å²) in [6.07, 6.45) is 0. The molecule has 2 rings (SSSR count). The van der Waals surface area contributed by atoms with Gasteiger partial charge in [0.15, 0.2) is 5.58 Å². The molecule has 0 fully saturated rings. The smallest absolute Gasteiger partial charge is 0.288 e. The van der Waals surface area contributed by atoms with E-state index in [2.05, 4.69) is 10.3 Å². The number of oxazole rings is 1. The number of anilines is 1. The molecule has 0 spiro atoms. The van der Waals surface area contributed by atoms with Crippen LogP contribution in [0.3, 0.4) is 0 Å². The van der Waals surface area contributed by atoms with Crippen molar-refractivity contribution in [2.75, 3.05) is 31.7 Å². The predicted octanol–water partition coefficient (Wildman–Crippen LogP) is 0.280. The third-order valence-electron chi connectivity index (χ3n) is 2.48. The number of nitrogens with two attached hydrogens (primary N) is 1. The van der Waals surface area contributed by atoms with Crippen molar-refractivity contribution in [2.24, 2.45) is 0 Å². The van der Waals surface area contributed by atoms with Gasteiger partial charge < -0.3 is 20.2 Å². The highest BCUT2D eigenvalue weighted by atomic mass is 32.2. The monoisotopic (exact) mass is 297 g/mol. The lowest BCUT2D eigenvalue weighted by Gasteiger charge is -2.02. The minimum Gasteiger partial charge on any atom is -0.430 e. The van der Waals surface area contributed by atoms with E-state index in [-0.39, 0.29) is 16.9 Å². The van der Waals surface area contributed by atoms with Crippen molar-refractivity contribution in [1.29, 1.82) is 0 Å². The molecule has 1 amide bonds. The molecule has 0 aliphatic carbocycles. The number of methoxy groups -OCH3 is 1. The lowest BCUT2D eigenvalue weighted by Crippen LogP contribution is -2.31. The van der Waals surface area contributed by atoms with Crippen LogP contribution in [0.25, 0.3) is 11.1 Å². The summed E-state index contributed by atoms with van der Waals surface area (Å²) in [4.78, 5) is 15.6. The van der Waals surface area contributed by atoms with Crippen molar-refractivity contribution in [2.45, 2.75) is 5.22 Å². The molecule has 1 heterocycles. The van der Waals surface area contributed by atoms with Gasteiger partial charge in [-0.3, -0.25) is 4.79 Å². The fourth-order valence-corrected chi connectivity index (χ4v) is 2.39. The Labute approximate surface area is 117 Å². The number of nitrogen functional groups attached to an aromatic ring is 1. The Morgan fingerprint density at radius 2 is 2.35 bits per heavy atom.